The number of nitrogens with one attached hydrogen (secondary N) is 1. The van der Waals surface area contributed by atoms with E-state index in [1.165, 1.54) is 30.5 Å². The van der Waals surface area contributed by atoms with E-state index in [0.717, 1.165) is 6.20 Å². The van der Waals surface area contributed by atoms with Crippen LogP contribution in [-0.4, -0.2) is 32.5 Å². The zero-order chi connectivity index (χ0) is 16.4. The van der Waals surface area contributed by atoms with Crippen LogP contribution in [-0.2, 0) is 10.0 Å². The Morgan fingerprint density at radius 3 is 2.78 bits per heavy atom. The second-order valence-electron chi connectivity index (χ2n) is 4.61. The van der Waals surface area contributed by atoms with Gasteiger partial charge in [0.25, 0.3) is 15.9 Å². The van der Waals surface area contributed by atoms with Gasteiger partial charge in [-0.15, -0.1) is 0 Å². The minimum atomic E-state index is -4.02. The molecule has 120 valence electrons. The molecule has 2 aromatic rings. The SMILES string of the molecule is O=C(NS(=O)(=O)c1cccnc1)c1cc(Cl)c2c(c1)OCCO2. The lowest BCUT2D eigenvalue weighted by atomic mass is 10.2. The number of amides is 1. The van der Waals surface area contributed by atoms with Gasteiger partial charge in [0, 0.05) is 18.0 Å². The van der Waals surface area contributed by atoms with Crippen molar-refractivity contribution in [3.8, 4) is 11.5 Å². The van der Waals surface area contributed by atoms with Gasteiger partial charge < -0.3 is 9.47 Å². The summed E-state index contributed by atoms with van der Waals surface area (Å²) in [4.78, 5) is 15.8. The maximum atomic E-state index is 12.2. The molecular formula is C14H11ClN2O5S. The van der Waals surface area contributed by atoms with Crippen molar-refractivity contribution < 1.29 is 22.7 Å². The summed E-state index contributed by atoms with van der Waals surface area (Å²) in [6, 6.07) is 5.50. The van der Waals surface area contributed by atoms with Gasteiger partial charge in [-0.25, -0.2) is 13.1 Å². The second-order valence-corrected chi connectivity index (χ2v) is 6.70. The van der Waals surface area contributed by atoms with Crippen LogP contribution in [0.5, 0.6) is 11.5 Å². The summed E-state index contributed by atoms with van der Waals surface area (Å²) in [5.74, 6) is -0.190. The lowest BCUT2D eigenvalue weighted by Gasteiger charge is -2.20. The second kappa shape index (κ2) is 6.05. The summed E-state index contributed by atoms with van der Waals surface area (Å²) in [5.41, 5.74) is 0.0479. The van der Waals surface area contributed by atoms with Gasteiger partial charge in [-0.1, -0.05) is 11.6 Å². The van der Waals surface area contributed by atoms with Crippen molar-refractivity contribution in [2.75, 3.05) is 13.2 Å². The number of carbonyl (C=O) groups excluding carboxylic acids is 1. The molecular weight excluding hydrogens is 344 g/mol. The predicted molar refractivity (Wildman–Crippen MR) is 81.3 cm³/mol. The highest BCUT2D eigenvalue weighted by Gasteiger charge is 2.23. The summed E-state index contributed by atoms with van der Waals surface area (Å²) in [6.45, 7) is 0.677. The molecule has 0 bridgehead atoms. The Balaban J connectivity index is 1.88. The fourth-order valence-electron chi connectivity index (χ4n) is 1.99. The zero-order valence-electron chi connectivity index (χ0n) is 11.7. The third-order valence-corrected chi connectivity index (χ3v) is 4.63. The van der Waals surface area contributed by atoms with E-state index in [9.17, 15) is 13.2 Å². The molecule has 2 heterocycles. The molecule has 1 amide bonds. The van der Waals surface area contributed by atoms with E-state index in [1.807, 2.05) is 4.72 Å². The summed E-state index contributed by atoms with van der Waals surface area (Å²) in [5, 5.41) is 0.172. The number of halogens is 1. The number of ether oxygens (including phenoxy) is 2. The van der Waals surface area contributed by atoms with Gasteiger partial charge in [-0.2, -0.15) is 0 Å². The molecule has 0 fully saturated rings. The maximum absolute atomic E-state index is 12.2. The minimum Gasteiger partial charge on any atom is -0.486 e. The number of carbonyl (C=O) groups is 1. The number of aromatic nitrogens is 1. The fraction of sp³-hybridized carbons (Fsp3) is 0.143. The van der Waals surface area contributed by atoms with Crippen LogP contribution in [0.2, 0.25) is 5.02 Å². The Morgan fingerprint density at radius 1 is 1.26 bits per heavy atom. The molecule has 7 nitrogen and oxygen atoms in total. The van der Waals surface area contributed by atoms with Gasteiger partial charge in [-0.3, -0.25) is 9.78 Å². The topological polar surface area (TPSA) is 94.6 Å². The van der Waals surface area contributed by atoms with Crippen LogP contribution < -0.4 is 14.2 Å². The molecule has 0 aliphatic carbocycles. The van der Waals surface area contributed by atoms with Crippen LogP contribution in [0.15, 0.2) is 41.6 Å². The highest BCUT2D eigenvalue weighted by Crippen LogP contribution is 2.38. The van der Waals surface area contributed by atoms with Gasteiger partial charge in [0.2, 0.25) is 0 Å². The monoisotopic (exact) mass is 354 g/mol. The molecule has 0 radical (unpaired) electrons. The van der Waals surface area contributed by atoms with E-state index in [1.54, 1.807) is 0 Å². The standard InChI is InChI=1S/C14H11ClN2O5S/c15-11-6-9(7-12-13(11)22-5-4-21-12)14(18)17-23(19,20)10-2-1-3-16-8-10/h1-3,6-8H,4-5H2,(H,17,18). The highest BCUT2D eigenvalue weighted by molar-refractivity contribution is 7.90. The molecule has 0 saturated carbocycles. The average Bonchev–Trinajstić information content (AvgIpc) is 2.55. The van der Waals surface area contributed by atoms with E-state index in [-0.39, 0.29) is 15.5 Å². The first-order valence-electron chi connectivity index (χ1n) is 6.54. The van der Waals surface area contributed by atoms with Crippen molar-refractivity contribution >= 4 is 27.5 Å². The van der Waals surface area contributed by atoms with Gasteiger partial charge in [0.15, 0.2) is 11.5 Å². The van der Waals surface area contributed by atoms with E-state index in [0.29, 0.717) is 24.7 Å². The molecule has 1 N–H and O–H groups in total. The zero-order valence-corrected chi connectivity index (χ0v) is 13.2. The maximum Gasteiger partial charge on any atom is 0.265 e. The highest BCUT2D eigenvalue weighted by atomic mass is 35.5. The minimum absolute atomic E-state index is 0.0479. The van der Waals surface area contributed by atoms with Crippen molar-refractivity contribution in [1.29, 1.82) is 0 Å². The van der Waals surface area contributed by atoms with Crippen LogP contribution >= 0.6 is 11.6 Å². The molecule has 1 aliphatic heterocycles. The van der Waals surface area contributed by atoms with E-state index in [2.05, 4.69) is 4.98 Å². The molecule has 1 aliphatic rings. The summed E-state index contributed by atoms with van der Waals surface area (Å²) < 4.78 is 36.9. The van der Waals surface area contributed by atoms with E-state index in [4.69, 9.17) is 21.1 Å². The van der Waals surface area contributed by atoms with Crippen molar-refractivity contribution in [2.24, 2.45) is 0 Å². The molecule has 23 heavy (non-hydrogen) atoms. The van der Waals surface area contributed by atoms with Crippen LogP contribution in [0.3, 0.4) is 0 Å². The van der Waals surface area contributed by atoms with Crippen molar-refractivity contribution in [2.45, 2.75) is 4.90 Å². The Kier molecular flexibility index (Phi) is 4.10. The molecule has 0 saturated heterocycles. The van der Waals surface area contributed by atoms with Gasteiger partial charge in [0.05, 0.1) is 5.02 Å². The van der Waals surface area contributed by atoms with Crippen molar-refractivity contribution in [3.05, 3.63) is 47.2 Å². The Morgan fingerprint density at radius 2 is 2.04 bits per heavy atom. The first-order valence-corrected chi connectivity index (χ1v) is 8.40. The molecule has 0 unspecified atom stereocenters. The normalized spacial score (nSPS) is 13.4. The molecule has 9 heteroatoms. The molecule has 0 atom stereocenters. The summed E-state index contributed by atoms with van der Waals surface area (Å²) >= 11 is 6.04. The van der Waals surface area contributed by atoms with Crippen molar-refractivity contribution in [3.63, 3.8) is 0 Å². The van der Waals surface area contributed by atoms with Gasteiger partial charge >= 0.3 is 0 Å². The largest absolute Gasteiger partial charge is 0.486 e. The summed E-state index contributed by atoms with van der Waals surface area (Å²) in [6.07, 6.45) is 2.58. The first kappa shape index (κ1) is 15.6. The first-order chi connectivity index (χ1) is 11.0. The summed E-state index contributed by atoms with van der Waals surface area (Å²) in [7, 11) is -4.02. The third-order valence-electron chi connectivity index (χ3n) is 3.03. The van der Waals surface area contributed by atoms with Gasteiger partial charge in [-0.05, 0) is 24.3 Å². The smallest absolute Gasteiger partial charge is 0.265 e. The Hall–Kier alpha value is -2.32. The van der Waals surface area contributed by atoms with E-state index >= 15 is 0 Å². The third kappa shape index (κ3) is 3.22. The van der Waals surface area contributed by atoms with Crippen LogP contribution in [0.1, 0.15) is 10.4 Å². The van der Waals surface area contributed by atoms with Crippen LogP contribution in [0, 0.1) is 0 Å². The van der Waals surface area contributed by atoms with Crippen molar-refractivity contribution in [1.82, 2.24) is 9.71 Å². The van der Waals surface area contributed by atoms with E-state index < -0.39 is 15.9 Å². The fourth-order valence-corrected chi connectivity index (χ4v) is 3.19. The number of rotatable bonds is 3. The number of hydrogen-bond donors (Lipinski definition) is 1. The molecule has 1 aromatic heterocycles. The number of benzene rings is 1. The average molecular weight is 355 g/mol. The molecule has 0 spiro atoms. The number of nitrogens with zero attached hydrogens (tertiary/aromatic N) is 1. The Labute approximate surface area is 137 Å². The number of sulfonamides is 1. The number of fused-ring (bicyclic) bond motifs is 1. The van der Waals surface area contributed by atoms with Gasteiger partial charge in [0.1, 0.15) is 18.1 Å². The molecule has 3 rings (SSSR count). The van der Waals surface area contributed by atoms with Crippen LogP contribution in [0.4, 0.5) is 0 Å². The Bertz CT molecular complexity index is 855. The predicted octanol–water partition coefficient (Wildman–Crippen LogP) is 1.62. The molecule has 1 aromatic carbocycles. The number of hydrogen-bond acceptors (Lipinski definition) is 6. The van der Waals surface area contributed by atoms with Crippen LogP contribution in [0.25, 0.3) is 0 Å². The lowest BCUT2D eigenvalue weighted by molar-refractivity contribution is 0.0980. The quantitative estimate of drug-likeness (QED) is 0.900. The lowest BCUT2D eigenvalue weighted by Crippen LogP contribution is -2.30. The number of pyridine rings is 1.